The lowest BCUT2D eigenvalue weighted by Gasteiger charge is -2.20. The lowest BCUT2D eigenvalue weighted by atomic mass is 10.1. The maximum atomic E-state index is 12.1. The lowest BCUT2D eigenvalue weighted by molar-refractivity contribution is -0.0191. The van der Waals surface area contributed by atoms with E-state index in [1.165, 1.54) is 0 Å². The van der Waals surface area contributed by atoms with Crippen LogP contribution in [0.2, 0.25) is 0 Å². The summed E-state index contributed by atoms with van der Waals surface area (Å²) < 4.78 is 1.63. The van der Waals surface area contributed by atoms with E-state index in [2.05, 4.69) is 15.0 Å². The fraction of sp³-hybridized carbons (Fsp3) is 0.412. The SMILES string of the molecule is Cc1cc2nc3c(=O)[nH]c(=O)nc-3n(CC[C@@H](O)[C@@H](O)CO)c2cc1C. The van der Waals surface area contributed by atoms with Crippen LogP contribution in [0.25, 0.3) is 22.6 Å². The normalized spacial score (nSPS) is 14.0. The Morgan fingerprint density at radius 2 is 1.81 bits per heavy atom. The Labute approximate surface area is 147 Å². The van der Waals surface area contributed by atoms with Crippen molar-refractivity contribution in [3.8, 4) is 11.5 Å². The van der Waals surface area contributed by atoms with Crippen LogP contribution in [0.3, 0.4) is 0 Å². The standard InChI is InChI=1S/C17H20N4O5/c1-8-5-10-11(6-9(8)2)21(4-3-12(23)13(24)7-22)15-14(18-10)16(25)20-17(26)19-15/h5-6,12-13,22-24H,3-4,7H2,1-2H3,(H,20,25,26)/t12-,13+/m1/s1. The van der Waals surface area contributed by atoms with Crippen molar-refractivity contribution in [1.29, 1.82) is 0 Å². The molecule has 0 amide bonds. The Balaban J connectivity index is 2.23. The maximum absolute atomic E-state index is 12.1. The van der Waals surface area contributed by atoms with Gasteiger partial charge in [-0.15, -0.1) is 0 Å². The van der Waals surface area contributed by atoms with Crippen LogP contribution in [0, 0.1) is 13.8 Å². The number of nitrogens with one attached hydrogen (secondary N) is 1. The summed E-state index contributed by atoms with van der Waals surface area (Å²) in [4.78, 5) is 34.1. The number of aromatic amines is 1. The van der Waals surface area contributed by atoms with E-state index in [4.69, 9.17) is 5.11 Å². The highest BCUT2D eigenvalue weighted by molar-refractivity contribution is 5.81. The third kappa shape index (κ3) is 3.24. The second-order valence-corrected chi connectivity index (χ2v) is 6.34. The first-order chi connectivity index (χ1) is 12.3. The van der Waals surface area contributed by atoms with Crippen LogP contribution in [0.4, 0.5) is 0 Å². The van der Waals surface area contributed by atoms with E-state index in [1.807, 2.05) is 26.0 Å². The third-order valence-electron chi connectivity index (χ3n) is 4.50. The van der Waals surface area contributed by atoms with Crippen LogP contribution in [0.1, 0.15) is 17.5 Å². The van der Waals surface area contributed by atoms with Crippen molar-refractivity contribution in [2.45, 2.75) is 39.0 Å². The summed E-state index contributed by atoms with van der Waals surface area (Å²) in [6, 6.07) is 3.71. The van der Waals surface area contributed by atoms with E-state index < -0.39 is 30.1 Å². The zero-order valence-electron chi connectivity index (χ0n) is 14.4. The number of nitrogens with zero attached hydrogens (tertiary/aromatic N) is 3. The number of rotatable bonds is 5. The molecule has 0 saturated carbocycles. The summed E-state index contributed by atoms with van der Waals surface area (Å²) in [5.74, 6) is 0.111. The van der Waals surface area contributed by atoms with E-state index in [1.54, 1.807) is 4.57 Å². The Kier molecular flexibility index (Phi) is 4.86. The number of aryl methyl sites for hydroxylation is 3. The molecule has 2 atom stereocenters. The molecule has 0 saturated heterocycles. The number of benzene rings is 1. The highest BCUT2D eigenvalue weighted by Crippen LogP contribution is 2.24. The number of fused-ring (bicyclic) bond motifs is 2. The van der Waals surface area contributed by atoms with Gasteiger partial charge in [-0.2, -0.15) is 4.98 Å². The fourth-order valence-corrected chi connectivity index (χ4v) is 2.85. The van der Waals surface area contributed by atoms with Crippen LogP contribution in [0.15, 0.2) is 21.7 Å². The molecule has 0 aliphatic carbocycles. The van der Waals surface area contributed by atoms with Gasteiger partial charge in [-0.3, -0.25) is 9.78 Å². The maximum Gasteiger partial charge on any atom is 0.349 e. The summed E-state index contributed by atoms with van der Waals surface area (Å²) >= 11 is 0. The number of hydrogen-bond donors (Lipinski definition) is 4. The molecule has 0 spiro atoms. The van der Waals surface area contributed by atoms with Gasteiger partial charge in [0.05, 0.1) is 23.7 Å². The lowest BCUT2D eigenvalue weighted by Crippen LogP contribution is -2.32. The molecular formula is C17H20N4O5. The van der Waals surface area contributed by atoms with E-state index in [9.17, 15) is 19.8 Å². The number of hydrogen-bond acceptors (Lipinski definition) is 7. The van der Waals surface area contributed by atoms with Gasteiger partial charge in [-0.25, -0.2) is 9.78 Å². The number of H-pyrrole nitrogens is 1. The molecule has 2 heterocycles. The molecule has 9 heteroatoms. The van der Waals surface area contributed by atoms with Gasteiger partial charge >= 0.3 is 5.69 Å². The largest absolute Gasteiger partial charge is 0.394 e. The summed E-state index contributed by atoms with van der Waals surface area (Å²) in [5, 5.41) is 28.5. The molecule has 3 rings (SSSR count). The average Bonchev–Trinajstić information content (AvgIpc) is 2.59. The van der Waals surface area contributed by atoms with Crippen molar-refractivity contribution in [2.24, 2.45) is 0 Å². The number of aromatic nitrogens is 4. The molecule has 138 valence electrons. The van der Waals surface area contributed by atoms with Crippen molar-refractivity contribution in [1.82, 2.24) is 19.5 Å². The van der Waals surface area contributed by atoms with Gasteiger partial charge < -0.3 is 19.9 Å². The average molecular weight is 360 g/mol. The highest BCUT2D eigenvalue weighted by Gasteiger charge is 2.21. The Morgan fingerprint density at radius 3 is 2.50 bits per heavy atom. The van der Waals surface area contributed by atoms with Gasteiger partial charge in [0.2, 0.25) is 0 Å². The van der Waals surface area contributed by atoms with Gasteiger partial charge in [0.1, 0.15) is 6.10 Å². The Morgan fingerprint density at radius 1 is 1.12 bits per heavy atom. The zero-order valence-corrected chi connectivity index (χ0v) is 14.4. The molecule has 4 N–H and O–H groups in total. The van der Waals surface area contributed by atoms with E-state index in [0.717, 1.165) is 11.1 Å². The molecular weight excluding hydrogens is 340 g/mol. The minimum absolute atomic E-state index is 0.0255. The molecule has 9 nitrogen and oxygen atoms in total. The first-order valence-electron chi connectivity index (χ1n) is 8.20. The number of aliphatic hydroxyl groups excluding tert-OH is 3. The second-order valence-electron chi connectivity index (χ2n) is 6.34. The molecule has 1 aromatic rings. The van der Waals surface area contributed by atoms with Crippen molar-refractivity contribution in [3.63, 3.8) is 0 Å². The van der Waals surface area contributed by atoms with Gasteiger partial charge in [0.15, 0.2) is 11.5 Å². The van der Waals surface area contributed by atoms with Gasteiger partial charge in [-0.05, 0) is 43.5 Å². The van der Waals surface area contributed by atoms with E-state index in [-0.39, 0.29) is 24.5 Å². The highest BCUT2D eigenvalue weighted by atomic mass is 16.4. The molecule has 0 aromatic heterocycles. The van der Waals surface area contributed by atoms with E-state index in [0.29, 0.717) is 11.0 Å². The van der Waals surface area contributed by atoms with Crippen molar-refractivity contribution in [3.05, 3.63) is 44.1 Å². The van der Waals surface area contributed by atoms with Crippen molar-refractivity contribution < 1.29 is 15.3 Å². The van der Waals surface area contributed by atoms with Crippen molar-refractivity contribution >= 4 is 11.0 Å². The molecule has 2 aliphatic rings. The summed E-state index contributed by atoms with van der Waals surface area (Å²) in [6.07, 6.45) is -2.34. The number of aliphatic hydroxyl groups is 3. The third-order valence-corrected chi connectivity index (χ3v) is 4.50. The quantitative estimate of drug-likeness (QED) is 0.441. The summed E-state index contributed by atoms with van der Waals surface area (Å²) in [6.45, 7) is 3.46. The Bertz CT molecular complexity index is 1040. The summed E-state index contributed by atoms with van der Waals surface area (Å²) in [5.41, 5.74) is 1.82. The summed E-state index contributed by atoms with van der Waals surface area (Å²) in [7, 11) is 0. The minimum Gasteiger partial charge on any atom is -0.394 e. The van der Waals surface area contributed by atoms with Crippen molar-refractivity contribution in [2.75, 3.05) is 6.61 Å². The topological polar surface area (TPSA) is 141 Å². The zero-order chi connectivity index (χ0) is 19.0. The molecule has 1 aromatic carbocycles. The first kappa shape index (κ1) is 18.2. The molecule has 0 unspecified atom stereocenters. The van der Waals surface area contributed by atoms with Crippen LogP contribution in [-0.2, 0) is 6.54 Å². The monoisotopic (exact) mass is 360 g/mol. The smallest absolute Gasteiger partial charge is 0.349 e. The molecule has 0 fully saturated rings. The fourth-order valence-electron chi connectivity index (χ4n) is 2.85. The molecule has 0 bridgehead atoms. The van der Waals surface area contributed by atoms with Gasteiger partial charge in [0, 0.05) is 6.54 Å². The molecule has 0 radical (unpaired) electrons. The molecule has 2 aliphatic heterocycles. The second kappa shape index (κ2) is 6.94. The Hall–Kier alpha value is -2.62. The minimum atomic E-state index is -1.27. The van der Waals surface area contributed by atoms with Gasteiger partial charge in [-0.1, -0.05) is 0 Å². The molecule has 26 heavy (non-hydrogen) atoms. The predicted octanol–water partition coefficient (Wildman–Crippen LogP) is -0.694. The van der Waals surface area contributed by atoms with E-state index >= 15 is 0 Å². The van der Waals surface area contributed by atoms with Crippen LogP contribution >= 0.6 is 0 Å². The van der Waals surface area contributed by atoms with Crippen LogP contribution in [-0.4, -0.2) is 53.7 Å². The van der Waals surface area contributed by atoms with Gasteiger partial charge in [0.25, 0.3) is 5.56 Å². The van der Waals surface area contributed by atoms with Crippen LogP contribution < -0.4 is 11.2 Å². The predicted molar refractivity (Wildman–Crippen MR) is 94.2 cm³/mol. The first-order valence-corrected chi connectivity index (χ1v) is 8.20. The van der Waals surface area contributed by atoms with Crippen LogP contribution in [0.5, 0.6) is 0 Å².